The summed E-state index contributed by atoms with van der Waals surface area (Å²) in [4.78, 5) is 13.7. The Morgan fingerprint density at radius 2 is 1.96 bits per heavy atom. The van der Waals surface area contributed by atoms with E-state index in [2.05, 4.69) is 16.3 Å². The summed E-state index contributed by atoms with van der Waals surface area (Å²) in [6.45, 7) is 3.13. The molecule has 1 saturated heterocycles. The van der Waals surface area contributed by atoms with E-state index in [9.17, 15) is 9.18 Å². The van der Waals surface area contributed by atoms with Crippen molar-refractivity contribution in [3.63, 3.8) is 0 Å². The molecule has 2 aromatic rings. The number of carbonyl (C=O) groups excluding carboxylic acids is 1. The minimum atomic E-state index is -0.224. The zero-order chi connectivity index (χ0) is 17.6. The number of hydrogen-bond acceptors (Lipinski definition) is 3. The predicted octanol–water partition coefficient (Wildman–Crippen LogP) is 3.14. The van der Waals surface area contributed by atoms with Crippen LogP contribution in [0.1, 0.15) is 24.0 Å². The Hall–Kier alpha value is -2.40. The lowest BCUT2D eigenvalue weighted by molar-refractivity contribution is -0.123. The molecular formula is C20H24FN3O. The van der Waals surface area contributed by atoms with Gasteiger partial charge < -0.3 is 11.1 Å². The topological polar surface area (TPSA) is 58.4 Å². The average molecular weight is 341 g/mol. The highest BCUT2D eigenvalue weighted by molar-refractivity contribution is 5.76. The van der Waals surface area contributed by atoms with Crippen molar-refractivity contribution < 1.29 is 9.18 Å². The van der Waals surface area contributed by atoms with Gasteiger partial charge in [-0.2, -0.15) is 0 Å². The second-order valence-electron chi connectivity index (χ2n) is 6.61. The highest BCUT2D eigenvalue weighted by Crippen LogP contribution is 2.22. The number of carbonyl (C=O) groups is 1. The maximum atomic E-state index is 13.0. The van der Waals surface area contributed by atoms with Crippen molar-refractivity contribution in [1.82, 2.24) is 4.90 Å². The molecule has 0 saturated carbocycles. The number of para-hydroxylation sites is 1. The Morgan fingerprint density at radius 1 is 1.20 bits per heavy atom. The Balaban J connectivity index is 1.64. The summed E-state index contributed by atoms with van der Waals surface area (Å²) in [7, 11) is 0. The van der Waals surface area contributed by atoms with E-state index < -0.39 is 0 Å². The first-order valence-corrected chi connectivity index (χ1v) is 8.70. The summed E-state index contributed by atoms with van der Waals surface area (Å²) < 4.78 is 13.0. The molecule has 0 aromatic heterocycles. The van der Waals surface area contributed by atoms with Crippen LogP contribution in [0.4, 0.5) is 10.1 Å². The molecule has 25 heavy (non-hydrogen) atoms. The van der Waals surface area contributed by atoms with Crippen LogP contribution in [0.5, 0.6) is 0 Å². The SMILES string of the molecule is NC(=O)[C@H]1CCCN(Cc2ccccc2NCc2ccc(F)cc2)C1. The second kappa shape index (κ2) is 8.12. The van der Waals surface area contributed by atoms with Crippen molar-refractivity contribution in [3.8, 4) is 0 Å². The van der Waals surface area contributed by atoms with Crippen molar-refractivity contribution in [2.24, 2.45) is 11.7 Å². The fourth-order valence-electron chi connectivity index (χ4n) is 3.30. The summed E-state index contributed by atoms with van der Waals surface area (Å²) in [5.74, 6) is -0.473. The maximum Gasteiger partial charge on any atom is 0.221 e. The summed E-state index contributed by atoms with van der Waals surface area (Å²) in [5, 5.41) is 3.43. The lowest BCUT2D eigenvalue weighted by Crippen LogP contribution is -2.40. The Labute approximate surface area is 147 Å². The molecular weight excluding hydrogens is 317 g/mol. The summed E-state index contributed by atoms with van der Waals surface area (Å²) in [5.41, 5.74) is 8.75. The number of nitrogens with two attached hydrogens (primary N) is 1. The number of nitrogens with zero attached hydrogens (tertiary/aromatic N) is 1. The van der Waals surface area contributed by atoms with Crippen molar-refractivity contribution in [2.45, 2.75) is 25.9 Å². The molecule has 0 aliphatic carbocycles. The van der Waals surface area contributed by atoms with Crippen LogP contribution in [0.2, 0.25) is 0 Å². The van der Waals surface area contributed by atoms with E-state index in [1.165, 1.54) is 17.7 Å². The Morgan fingerprint density at radius 3 is 2.72 bits per heavy atom. The second-order valence-corrected chi connectivity index (χ2v) is 6.61. The van der Waals surface area contributed by atoms with Crippen LogP contribution in [-0.4, -0.2) is 23.9 Å². The number of anilines is 1. The van der Waals surface area contributed by atoms with Gasteiger partial charge in [0.25, 0.3) is 0 Å². The molecule has 3 rings (SSSR count). The van der Waals surface area contributed by atoms with Gasteiger partial charge in [0.1, 0.15) is 5.82 Å². The number of amides is 1. The number of benzene rings is 2. The molecule has 1 aliphatic rings. The third kappa shape index (κ3) is 4.79. The normalized spacial score (nSPS) is 18.0. The van der Waals surface area contributed by atoms with Gasteiger partial charge in [0, 0.05) is 25.3 Å². The van der Waals surface area contributed by atoms with Crippen molar-refractivity contribution in [2.75, 3.05) is 18.4 Å². The van der Waals surface area contributed by atoms with Crippen LogP contribution < -0.4 is 11.1 Å². The number of nitrogens with one attached hydrogen (secondary N) is 1. The third-order valence-corrected chi connectivity index (χ3v) is 4.72. The summed E-state index contributed by atoms with van der Waals surface area (Å²) >= 11 is 0. The Kier molecular flexibility index (Phi) is 5.66. The first kappa shape index (κ1) is 17.4. The molecule has 0 spiro atoms. The monoisotopic (exact) mass is 341 g/mol. The molecule has 2 aromatic carbocycles. The standard InChI is InChI=1S/C20H24FN3O/c21-18-9-7-15(8-10-18)12-23-19-6-2-1-4-16(19)13-24-11-3-5-17(14-24)20(22)25/h1-2,4,6-10,17,23H,3,5,11-14H2,(H2,22,25)/t17-/m0/s1. The lowest BCUT2D eigenvalue weighted by Gasteiger charge is -2.31. The van der Waals surface area contributed by atoms with E-state index in [1.807, 2.05) is 18.2 Å². The van der Waals surface area contributed by atoms with Crippen LogP contribution in [0, 0.1) is 11.7 Å². The minimum Gasteiger partial charge on any atom is -0.381 e. The maximum absolute atomic E-state index is 13.0. The molecule has 3 N–H and O–H groups in total. The molecule has 132 valence electrons. The predicted molar refractivity (Wildman–Crippen MR) is 97.4 cm³/mol. The van der Waals surface area contributed by atoms with E-state index in [4.69, 9.17) is 5.73 Å². The van der Waals surface area contributed by atoms with Crippen molar-refractivity contribution in [3.05, 3.63) is 65.5 Å². The van der Waals surface area contributed by atoms with Gasteiger partial charge in [0.15, 0.2) is 0 Å². The smallest absolute Gasteiger partial charge is 0.221 e. The fourth-order valence-corrected chi connectivity index (χ4v) is 3.30. The van der Waals surface area contributed by atoms with Crippen LogP contribution in [0.3, 0.4) is 0 Å². The van der Waals surface area contributed by atoms with Gasteiger partial charge in [-0.05, 0) is 48.7 Å². The van der Waals surface area contributed by atoms with Gasteiger partial charge in [0.05, 0.1) is 5.92 Å². The highest BCUT2D eigenvalue weighted by Gasteiger charge is 2.24. The first-order valence-electron chi connectivity index (χ1n) is 8.70. The molecule has 0 bridgehead atoms. The molecule has 5 heteroatoms. The summed E-state index contributed by atoms with van der Waals surface area (Å²) in [6.07, 6.45) is 1.88. The molecule has 1 aliphatic heterocycles. The number of hydrogen-bond donors (Lipinski definition) is 2. The number of piperidine rings is 1. The van der Waals surface area contributed by atoms with Crippen LogP contribution in [0.15, 0.2) is 48.5 Å². The third-order valence-electron chi connectivity index (χ3n) is 4.72. The lowest BCUT2D eigenvalue weighted by atomic mass is 9.97. The molecule has 1 atom stereocenters. The van der Waals surface area contributed by atoms with E-state index >= 15 is 0 Å². The molecule has 0 radical (unpaired) electrons. The highest BCUT2D eigenvalue weighted by atomic mass is 19.1. The minimum absolute atomic E-state index is 0.0481. The van der Waals surface area contributed by atoms with Crippen LogP contribution in [-0.2, 0) is 17.9 Å². The van der Waals surface area contributed by atoms with Crippen molar-refractivity contribution in [1.29, 1.82) is 0 Å². The quantitative estimate of drug-likeness (QED) is 0.849. The zero-order valence-electron chi connectivity index (χ0n) is 14.2. The van der Waals surface area contributed by atoms with Crippen LogP contribution >= 0.6 is 0 Å². The zero-order valence-corrected chi connectivity index (χ0v) is 14.2. The van der Waals surface area contributed by atoms with Gasteiger partial charge in [-0.1, -0.05) is 30.3 Å². The van der Waals surface area contributed by atoms with Crippen LogP contribution in [0.25, 0.3) is 0 Å². The van der Waals surface area contributed by atoms with Gasteiger partial charge in [-0.3, -0.25) is 9.69 Å². The average Bonchev–Trinajstić information content (AvgIpc) is 2.62. The molecule has 4 nitrogen and oxygen atoms in total. The molecule has 1 fully saturated rings. The molecule has 1 amide bonds. The number of primary amides is 1. The molecule has 1 heterocycles. The van der Waals surface area contributed by atoms with Crippen molar-refractivity contribution >= 4 is 11.6 Å². The number of halogens is 1. The summed E-state index contributed by atoms with van der Waals surface area (Å²) in [6, 6.07) is 14.7. The van der Waals surface area contributed by atoms with E-state index in [0.717, 1.165) is 43.7 Å². The van der Waals surface area contributed by atoms with E-state index in [0.29, 0.717) is 6.54 Å². The van der Waals surface area contributed by atoms with E-state index in [-0.39, 0.29) is 17.6 Å². The van der Waals surface area contributed by atoms with Gasteiger partial charge in [-0.25, -0.2) is 4.39 Å². The Bertz CT molecular complexity index is 717. The van der Waals surface area contributed by atoms with E-state index in [1.54, 1.807) is 12.1 Å². The number of rotatable bonds is 6. The number of likely N-dealkylation sites (tertiary alicyclic amines) is 1. The molecule has 0 unspecified atom stereocenters. The first-order chi connectivity index (χ1) is 12.1. The van der Waals surface area contributed by atoms with Gasteiger partial charge in [-0.15, -0.1) is 0 Å². The largest absolute Gasteiger partial charge is 0.381 e. The fraction of sp³-hybridized carbons (Fsp3) is 0.350. The van der Waals surface area contributed by atoms with Gasteiger partial charge in [0.2, 0.25) is 5.91 Å². The van der Waals surface area contributed by atoms with Gasteiger partial charge >= 0.3 is 0 Å².